The summed E-state index contributed by atoms with van der Waals surface area (Å²) in [7, 11) is 0. The normalized spacial score (nSPS) is 19.8. The van der Waals surface area contributed by atoms with E-state index >= 15 is 0 Å². The van der Waals surface area contributed by atoms with E-state index in [1.54, 1.807) is 31.2 Å². The number of allylic oxidation sites excluding steroid dienone is 2. The summed E-state index contributed by atoms with van der Waals surface area (Å²) in [4.78, 5) is 25.0. The number of ketones is 1. The van der Waals surface area contributed by atoms with E-state index in [9.17, 15) is 18.4 Å². The van der Waals surface area contributed by atoms with Gasteiger partial charge in [0.1, 0.15) is 17.6 Å². The Kier molecular flexibility index (Phi) is 5.26. The van der Waals surface area contributed by atoms with Crippen molar-refractivity contribution in [3.05, 3.63) is 77.4 Å². The zero-order chi connectivity index (χ0) is 18.7. The predicted octanol–water partition coefficient (Wildman–Crippen LogP) is 4.28. The lowest BCUT2D eigenvalue weighted by molar-refractivity contribution is -0.151. The largest absolute Gasteiger partial charge is 0.465 e. The number of benzene rings is 2. The molecule has 3 nitrogen and oxygen atoms in total. The van der Waals surface area contributed by atoms with E-state index in [1.165, 1.54) is 30.3 Å². The second kappa shape index (κ2) is 7.60. The van der Waals surface area contributed by atoms with E-state index in [0.717, 1.165) is 0 Å². The molecule has 0 bridgehead atoms. The van der Waals surface area contributed by atoms with E-state index in [0.29, 0.717) is 23.1 Å². The van der Waals surface area contributed by atoms with Crippen LogP contribution in [0.2, 0.25) is 0 Å². The van der Waals surface area contributed by atoms with Crippen LogP contribution in [0.1, 0.15) is 30.4 Å². The number of halogens is 2. The van der Waals surface area contributed by atoms with Gasteiger partial charge in [-0.15, -0.1) is 0 Å². The molecule has 0 aliphatic heterocycles. The number of carbonyl (C=O) groups is 2. The fourth-order valence-corrected chi connectivity index (χ4v) is 3.27. The third-order valence-corrected chi connectivity index (χ3v) is 4.52. The Labute approximate surface area is 150 Å². The first-order chi connectivity index (χ1) is 12.5. The van der Waals surface area contributed by atoms with Crippen molar-refractivity contribution in [2.75, 3.05) is 6.61 Å². The van der Waals surface area contributed by atoms with Crippen molar-refractivity contribution in [1.29, 1.82) is 0 Å². The molecule has 2 atom stereocenters. The zero-order valence-electron chi connectivity index (χ0n) is 14.2. The number of esters is 1. The minimum absolute atomic E-state index is 0.174. The molecule has 134 valence electrons. The Balaban J connectivity index is 2.01. The van der Waals surface area contributed by atoms with Gasteiger partial charge in [-0.05, 0) is 60.4 Å². The predicted molar refractivity (Wildman–Crippen MR) is 93.3 cm³/mol. The van der Waals surface area contributed by atoms with Gasteiger partial charge in [-0.25, -0.2) is 8.78 Å². The molecule has 26 heavy (non-hydrogen) atoms. The molecule has 0 spiro atoms. The van der Waals surface area contributed by atoms with Crippen LogP contribution in [0.25, 0.3) is 5.57 Å². The minimum Gasteiger partial charge on any atom is -0.465 e. The highest BCUT2D eigenvalue weighted by Crippen LogP contribution is 2.40. The lowest BCUT2D eigenvalue weighted by atomic mass is 9.73. The molecule has 0 saturated carbocycles. The van der Waals surface area contributed by atoms with Crippen LogP contribution in [0.3, 0.4) is 0 Å². The van der Waals surface area contributed by atoms with Gasteiger partial charge in [0.2, 0.25) is 0 Å². The first-order valence-corrected chi connectivity index (χ1v) is 8.42. The standard InChI is InChI=1S/C21H18F2O3/c1-2-26-21(25)20-18(14-5-9-17(23)10-6-14)11-15(12-19(20)24)13-3-7-16(22)8-4-13/h3-10,12,18,20H,2,11H2,1H3/t18-,20-/m1/s1. The van der Waals surface area contributed by atoms with Crippen LogP contribution in [0, 0.1) is 17.6 Å². The second-order valence-corrected chi connectivity index (χ2v) is 6.17. The molecular weight excluding hydrogens is 338 g/mol. The van der Waals surface area contributed by atoms with Crippen LogP contribution >= 0.6 is 0 Å². The number of rotatable bonds is 4. The van der Waals surface area contributed by atoms with Crippen molar-refractivity contribution in [2.45, 2.75) is 19.3 Å². The van der Waals surface area contributed by atoms with E-state index in [1.807, 2.05) is 0 Å². The third-order valence-electron chi connectivity index (χ3n) is 4.52. The Bertz CT molecular complexity index is 839. The number of carbonyl (C=O) groups excluding carboxylic acids is 2. The average Bonchev–Trinajstić information content (AvgIpc) is 2.62. The average molecular weight is 356 g/mol. The van der Waals surface area contributed by atoms with Gasteiger partial charge in [-0.1, -0.05) is 24.3 Å². The third kappa shape index (κ3) is 3.72. The van der Waals surface area contributed by atoms with E-state index < -0.39 is 23.6 Å². The zero-order valence-corrected chi connectivity index (χ0v) is 14.2. The van der Waals surface area contributed by atoms with Crippen LogP contribution in [0.5, 0.6) is 0 Å². The van der Waals surface area contributed by atoms with Gasteiger partial charge in [-0.3, -0.25) is 9.59 Å². The Morgan fingerprint density at radius 1 is 1.04 bits per heavy atom. The fourth-order valence-electron chi connectivity index (χ4n) is 3.27. The molecule has 3 rings (SSSR count). The van der Waals surface area contributed by atoms with Gasteiger partial charge in [0, 0.05) is 5.92 Å². The Morgan fingerprint density at radius 2 is 1.62 bits per heavy atom. The summed E-state index contributed by atoms with van der Waals surface area (Å²) in [5, 5.41) is 0. The van der Waals surface area contributed by atoms with Crippen molar-refractivity contribution < 1.29 is 23.1 Å². The molecule has 1 aliphatic rings. The summed E-state index contributed by atoms with van der Waals surface area (Å²) in [6, 6.07) is 11.6. The Hall–Kier alpha value is -2.82. The fraction of sp³-hybridized carbons (Fsp3) is 0.238. The monoisotopic (exact) mass is 356 g/mol. The molecule has 2 aromatic rings. The molecule has 2 aromatic carbocycles. The van der Waals surface area contributed by atoms with Crippen LogP contribution in [0.15, 0.2) is 54.6 Å². The van der Waals surface area contributed by atoms with Crippen LogP contribution in [-0.2, 0) is 14.3 Å². The number of hydrogen-bond acceptors (Lipinski definition) is 3. The number of hydrogen-bond donors (Lipinski definition) is 0. The molecule has 0 saturated heterocycles. The van der Waals surface area contributed by atoms with Crippen molar-refractivity contribution in [2.24, 2.45) is 5.92 Å². The minimum atomic E-state index is -0.968. The molecule has 1 aliphatic carbocycles. The molecular formula is C21H18F2O3. The van der Waals surface area contributed by atoms with Gasteiger partial charge in [0.25, 0.3) is 0 Å². The summed E-state index contributed by atoms with van der Waals surface area (Å²) in [6.07, 6.45) is 1.82. The van der Waals surface area contributed by atoms with Crippen molar-refractivity contribution in [3.63, 3.8) is 0 Å². The highest BCUT2D eigenvalue weighted by molar-refractivity contribution is 6.10. The molecule has 0 radical (unpaired) electrons. The smallest absolute Gasteiger partial charge is 0.317 e. The van der Waals surface area contributed by atoms with Crippen molar-refractivity contribution >= 4 is 17.3 Å². The first kappa shape index (κ1) is 18.0. The highest BCUT2D eigenvalue weighted by atomic mass is 19.1. The summed E-state index contributed by atoms with van der Waals surface area (Å²) in [5.41, 5.74) is 2.12. The van der Waals surface area contributed by atoms with Crippen LogP contribution in [0.4, 0.5) is 8.78 Å². The van der Waals surface area contributed by atoms with E-state index in [2.05, 4.69) is 0 Å². The lowest BCUT2D eigenvalue weighted by Gasteiger charge is -2.29. The van der Waals surface area contributed by atoms with Gasteiger partial charge in [-0.2, -0.15) is 0 Å². The topological polar surface area (TPSA) is 43.4 Å². The molecule has 0 unspecified atom stereocenters. The summed E-state index contributed by atoms with van der Waals surface area (Å²) < 4.78 is 31.5. The maximum Gasteiger partial charge on any atom is 0.317 e. The highest BCUT2D eigenvalue weighted by Gasteiger charge is 2.39. The van der Waals surface area contributed by atoms with Gasteiger partial charge in [0.05, 0.1) is 6.61 Å². The maximum atomic E-state index is 13.3. The van der Waals surface area contributed by atoms with Gasteiger partial charge in [0.15, 0.2) is 5.78 Å². The maximum absolute atomic E-state index is 13.3. The molecule has 0 N–H and O–H groups in total. The molecule has 5 heteroatoms. The summed E-state index contributed by atoms with van der Waals surface area (Å²) >= 11 is 0. The SMILES string of the molecule is CCOC(=O)[C@H]1C(=O)C=C(c2ccc(F)cc2)C[C@@H]1c1ccc(F)cc1. The first-order valence-electron chi connectivity index (χ1n) is 8.42. The summed E-state index contributed by atoms with van der Waals surface area (Å²) in [5.74, 6) is -3.13. The van der Waals surface area contributed by atoms with E-state index in [4.69, 9.17) is 4.74 Å². The van der Waals surface area contributed by atoms with Crippen molar-refractivity contribution in [1.82, 2.24) is 0 Å². The molecule has 0 aromatic heterocycles. The van der Waals surface area contributed by atoms with E-state index in [-0.39, 0.29) is 18.2 Å². The lowest BCUT2D eigenvalue weighted by Crippen LogP contribution is -2.34. The van der Waals surface area contributed by atoms with Crippen LogP contribution < -0.4 is 0 Å². The quantitative estimate of drug-likeness (QED) is 0.606. The summed E-state index contributed by atoms with van der Waals surface area (Å²) in [6.45, 7) is 1.85. The van der Waals surface area contributed by atoms with Gasteiger partial charge >= 0.3 is 5.97 Å². The van der Waals surface area contributed by atoms with Crippen LogP contribution in [-0.4, -0.2) is 18.4 Å². The second-order valence-electron chi connectivity index (χ2n) is 6.17. The Morgan fingerprint density at radius 3 is 2.19 bits per heavy atom. The van der Waals surface area contributed by atoms with Crippen molar-refractivity contribution in [3.8, 4) is 0 Å². The molecule has 0 heterocycles. The molecule has 0 amide bonds. The number of ether oxygens (including phenoxy) is 1. The molecule has 0 fully saturated rings. The van der Waals surface area contributed by atoms with Gasteiger partial charge < -0.3 is 4.74 Å².